The smallest absolute Gasteiger partial charge is 0.142 e. The normalized spacial score (nSPS) is 17.4. The summed E-state index contributed by atoms with van der Waals surface area (Å²) in [6.07, 6.45) is 4.28. The number of benzene rings is 2. The van der Waals surface area contributed by atoms with E-state index >= 15 is 0 Å². The Morgan fingerprint density at radius 2 is 1.82 bits per heavy atom. The second-order valence-electron chi connectivity index (χ2n) is 4.35. The van der Waals surface area contributed by atoms with E-state index in [0.29, 0.717) is 0 Å². The van der Waals surface area contributed by atoms with Crippen LogP contribution in [0.3, 0.4) is 0 Å². The summed E-state index contributed by atoms with van der Waals surface area (Å²) in [6.45, 7) is 2.09. The molecule has 0 saturated carbocycles. The minimum atomic E-state index is 0.0337. The summed E-state index contributed by atoms with van der Waals surface area (Å²) in [6, 6.07) is 16.6. The molecule has 1 atom stereocenters. The highest BCUT2D eigenvalue weighted by Gasteiger charge is 2.15. The maximum absolute atomic E-state index is 5.99. The predicted octanol–water partition coefficient (Wildman–Crippen LogP) is 4.14. The summed E-state index contributed by atoms with van der Waals surface area (Å²) in [7, 11) is 0. The third-order valence-corrected chi connectivity index (χ3v) is 3.00. The molecule has 0 aliphatic carbocycles. The summed E-state index contributed by atoms with van der Waals surface area (Å²) in [5.41, 5.74) is 3.61. The van der Waals surface area contributed by atoms with Crippen molar-refractivity contribution < 1.29 is 4.74 Å². The zero-order valence-corrected chi connectivity index (χ0v) is 9.76. The van der Waals surface area contributed by atoms with Crippen LogP contribution in [0.5, 0.6) is 5.75 Å². The van der Waals surface area contributed by atoms with E-state index in [1.807, 2.05) is 24.3 Å². The van der Waals surface area contributed by atoms with Crippen molar-refractivity contribution in [1.82, 2.24) is 0 Å². The number of hydrogen-bond donors (Lipinski definition) is 0. The first-order valence-electron chi connectivity index (χ1n) is 5.83. The van der Waals surface area contributed by atoms with E-state index in [1.165, 1.54) is 11.1 Å². The van der Waals surface area contributed by atoms with Gasteiger partial charge in [-0.15, -0.1) is 0 Å². The lowest BCUT2D eigenvalue weighted by Crippen LogP contribution is -2.08. The first-order valence-corrected chi connectivity index (χ1v) is 5.83. The van der Waals surface area contributed by atoms with Crippen molar-refractivity contribution >= 4 is 6.08 Å². The zero-order chi connectivity index (χ0) is 11.7. The number of rotatable bonds is 1. The molecule has 0 N–H and O–H groups in total. The van der Waals surface area contributed by atoms with Gasteiger partial charge in [0.15, 0.2) is 0 Å². The second-order valence-corrected chi connectivity index (χ2v) is 4.35. The molecule has 84 valence electrons. The predicted molar refractivity (Wildman–Crippen MR) is 70.0 cm³/mol. The van der Waals surface area contributed by atoms with E-state index in [0.717, 1.165) is 11.3 Å². The van der Waals surface area contributed by atoms with Gasteiger partial charge in [0.1, 0.15) is 11.9 Å². The van der Waals surface area contributed by atoms with Crippen molar-refractivity contribution in [3.05, 3.63) is 71.3 Å². The highest BCUT2D eigenvalue weighted by atomic mass is 16.5. The van der Waals surface area contributed by atoms with Gasteiger partial charge in [0.25, 0.3) is 0 Å². The molecule has 1 aliphatic heterocycles. The Balaban J connectivity index is 1.94. The van der Waals surface area contributed by atoms with Crippen molar-refractivity contribution in [2.45, 2.75) is 13.0 Å². The minimum absolute atomic E-state index is 0.0337. The van der Waals surface area contributed by atoms with Crippen LogP contribution in [0.25, 0.3) is 6.08 Å². The van der Waals surface area contributed by atoms with E-state index in [1.54, 1.807) is 0 Å². The first kappa shape index (κ1) is 10.2. The Morgan fingerprint density at radius 1 is 1.00 bits per heavy atom. The molecular formula is C16H14O. The summed E-state index contributed by atoms with van der Waals surface area (Å²) < 4.78 is 5.99. The molecule has 1 aliphatic rings. The lowest BCUT2D eigenvalue weighted by molar-refractivity contribution is 0.251. The number of ether oxygens (including phenoxy) is 1. The fourth-order valence-electron chi connectivity index (χ4n) is 2.09. The maximum Gasteiger partial charge on any atom is 0.142 e. The quantitative estimate of drug-likeness (QED) is 0.704. The highest BCUT2D eigenvalue weighted by molar-refractivity contribution is 5.61. The molecule has 0 fully saturated rings. The molecular weight excluding hydrogens is 208 g/mol. The van der Waals surface area contributed by atoms with Gasteiger partial charge in [-0.25, -0.2) is 0 Å². The molecule has 0 amide bonds. The van der Waals surface area contributed by atoms with Gasteiger partial charge in [-0.3, -0.25) is 0 Å². The van der Waals surface area contributed by atoms with E-state index in [9.17, 15) is 0 Å². The van der Waals surface area contributed by atoms with E-state index in [-0.39, 0.29) is 6.10 Å². The molecule has 0 spiro atoms. The maximum atomic E-state index is 5.99. The zero-order valence-electron chi connectivity index (χ0n) is 9.76. The molecule has 2 aromatic carbocycles. The van der Waals surface area contributed by atoms with Crippen molar-refractivity contribution in [2.75, 3.05) is 0 Å². The van der Waals surface area contributed by atoms with Crippen LogP contribution in [0.15, 0.2) is 54.6 Å². The second kappa shape index (κ2) is 4.10. The standard InChI is InChI=1S/C16H14O/c1-12-7-9-16-14(11-12)8-10-15(17-16)13-5-3-2-4-6-13/h2-11,15H,1H3/t15-/m1/s1. The van der Waals surface area contributed by atoms with Crippen molar-refractivity contribution in [1.29, 1.82) is 0 Å². The summed E-state index contributed by atoms with van der Waals surface area (Å²) >= 11 is 0. The van der Waals surface area contributed by atoms with Crippen LogP contribution in [-0.4, -0.2) is 0 Å². The summed E-state index contributed by atoms with van der Waals surface area (Å²) in [5.74, 6) is 0.965. The van der Waals surface area contributed by atoms with E-state index < -0.39 is 0 Å². The van der Waals surface area contributed by atoms with Gasteiger partial charge >= 0.3 is 0 Å². The van der Waals surface area contributed by atoms with Crippen LogP contribution in [0.2, 0.25) is 0 Å². The Kier molecular flexibility index (Phi) is 2.45. The van der Waals surface area contributed by atoms with Crippen LogP contribution < -0.4 is 4.74 Å². The molecule has 0 bridgehead atoms. The van der Waals surface area contributed by atoms with Crippen LogP contribution in [0, 0.1) is 6.92 Å². The van der Waals surface area contributed by atoms with Crippen LogP contribution in [-0.2, 0) is 0 Å². The molecule has 0 unspecified atom stereocenters. The molecule has 0 radical (unpaired) electrons. The first-order chi connectivity index (χ1) is 8.33. The van der Waals surface area contributed by atoms with E-state index in [4.69, 9.17) is 4.74 Å². The fourth-order valence-corrected chi connectivity index (χ4v) is 2.09. The van der Waals surface area contributed by atoms with Gasteiger partial charge in [0.2, 0.25) is 0 Å². The molecule has 3 rings (SSSR count). The molecule has 1 nitrogen and oxygen atoms in total. The lowest BCUT2D eigenvalue weighted by Gasteiger charge is -2.22. The summed E-state index contributed by atoms with van der Waals surface area (Å²) in [4.78, 5) is 0. The van der Waals surface area contributed by atoms with Gasteiger partial charge < -0.3 is 4.74 Å². The van der Waals surface area contributed by atoms with Crippen LogP contribution in [0.4, 0.5) is 0 Å². The molecule has 17 heavy (non-hydrogen) atoms. The van der Waals surface area contributed by atoms with Crippen molar-refractivity contribution in [2.24, 2.45) is 0 Å². The van der Waals surface area contributed by atoms with Crippen molar-refractivity contribution in [3.63, 3.8) is 0 Å². The SMILES string of the molecule is Cc1ccc2c(c1)C=C[C@H](c1ccccc1)O2. The average Bonchev–Trinajstić information content (AvgIpc) is 2.39. The third-order valence-electron chi connectivity index (χ3n) is 3.00. The molecule has 0 aromatic heterocycles. The van der Waals surface area contributed by atoms with Gasteiger partial charge in [-0.05, 0) is 30.7 Å². The topological polar surface area (TPSA) is 9.23 Å². The molecule has 1 heterocycles. The Morgan fingerprint density at radius 3 is 2.65 bits per heavy atom. The largest absolute Gasteiger partial charge is 0.481 e. The van der Waals surface area contributed by atoms with Crippen LogP contribution in [0.1, 0.15) is 22.8 Å². The molecule has 2 aromatic rings. The van der Waals surface area contributed by atoms with Gasteiger partial charge in [0, 0.05) is 5.56 Å². The Labute approximate surface area is 101 Å². The number of fused-ring (bicyclic) bond motifs is 1. The van der Waals surface area contributed by atoms with Gasteiger partial charge in [0.05, 0.1) is 0 Å². The molecule has 0 saturated heterocycles. The highest BCUT2D eigenvalue weighted by Crippen LogP contribution is 2.32. The monoisotopic (exact) mass is 222 g/mol. The van der Waals surface area contributed by atoms with Crippen LogP contribution >= 0.6 is 0 Å². The molecule has 1 heteroatoms. The van der Waals surface area contributed by atoms with Gasteiger partial charge in [-0.2, -0.15) is 0 Å². The lowest BCUT2D eigenvalue weighted by atomic mass is 10.0. The van der Waals surface area contributed by atoms with E-state index in [2.05, 4.69) is 43.3 Å². The number of hydrogen-bond acceptors (Lipinski definition) is 1. The minimum Gasteiger partial charge on any atom is -0.481 e. The number of aryl methyl sites for hydroxylation is 1. The summed E-state index contributed by atoms with van der Waals surface area (Å²) in [5, 5.41) is 0. The fraction of sp³-hybridized carbons (Fsp3) is 0.125. The Hall–Kier alpha value is -2.02. The third kappa shape index (κ3) is 1.96. The Bertz CT molecular complexity index is 555. The van der Waals surface area contributed by atoms with Crippen molar-refractivity contribution in [3.8, 4) is 5.75 Å². The average molecular weight is 222 g/mol. The van der Waals surface area contributed by atoms with Gasteiger partial charge in [-0.1, -0.05) is 48.0 Å².